The highest BCUT2D eigenvalue weighted by Gasteiger charge is 2.16. The smallest absolute Gasteiger partial charge is 0.0995 e. The van der Waals surface area contributed by atoms with E-state index in [4.69, 9.17) is 5.73 Å². The largest absolute Gasteiger partial charge is 0.399 e. The van der Waals surface area contributed by atoms with E-state index in [0.29, 0.717) is 0 Å². The van der Waals surface area contributed by atoms with Crippen LogP contribution < -0.4 is 5.73 Å². The number of aryl methyl sites for hydroxylation is 1. The summed E-state index contributed by atoms with van der Waals surface area (Å²) in [6, 6.07) is 6.31. The number of anilines is 1. The molecule has 1 aromatic heterocycles. The molecule has 2 N–H and O–H groups in total. The Morgan fingerprint density at radius 3 is 2.90 bits per heavy atom. The molecule has 1 atom stereocenters. The van der Waals surface area contributed by atoms with Gasteiger partial charge in [-0.05, 0) is 56.0 Å². The molecule has 0 saturated carbocycles. The first-order valence-corrected chi connectivity index (χ1v) is 7.73. The fourth-order valence-corrected chi connectivity index (χ4v) is 3.19. The predicted molar refractivity (Wildman–Crippen MR) is 86.4 cm³/mol. The first-order valence-electron chi connectivity index (χ1n) is 7.73. The van der Waals surface area contributed by atoms with Crippen molar-refractivity contribution in [3.05, 3.63) is 42.0 Å². The third-order valence-electron chi connectivity index (χ3n) is 4.16. The summed E-state index contributed by atoms with van der Waals surface area (Å²) in [5, 5.41) is 0. The van der Waals surface area contributed by atoms with E-state index >= 15 is 0 Å². The molecule has 0 bridgehead atoms. The summed E-state index contributed by atoms with van der Waals surface area (Å²) in [6.07, 6.45) is 6.53. The van der Waals surface area contributed by atoms with Gasteiger partial charge < -0.3 is 10.3 Å². The van der Waals surface area contributed by atoms with Crippen molar-refractivity contribution < 1.29 is 0 Å². The molecule has 2 heterocycles. The molecule has 0 amide bonds. The van der Waals surface area contributed by atoms with Gasteiger partial charge in [-0.3, -0.25) is 4.90 Å². The highest BCUT2D eigenvalue weighted by Crippen LogP contribution is 2.21. The summed E-state index contributed by atoms with van der Waals surface area (Å²) in [6.45, 7) is 7.70. The molecular weight excluding hydrogens is 260 g/mol. The van der Waals surface area contributed by atoms with Crippen molar-refractivity contribution in [3.8, 4) is 5.69 Å². The molecule has 0 spiro atoms. The summed E-state index contributed by atoms with van der Waals surface area (Å²) in [7, 11) is 0. The minimum absolute atomic E-state index is 0.801. The summed E-state index contributed by atoms with van der Waals surface area (Å²) in [5.74, 6) is 0.801. The van der Waals surface area contributed by atoms with Gasteiger partial charge in [0.05, 0.1) is 12.0 Å². The van der Waals surface area contributed by atoms with Crippen LogP contribution in [0.3, 0.4) is 0 Å². The van der Waals surface area contributed by atoms with E-state index < -0.39 is 0 Å². The van der Waals surface area contributed by atoms with E-state index in [-0.39, 0.29) is 0 Å². The first kappa shape index (κ1) is 14.1. The molecule has 1 aromatic carbocycles. The normalized spacial score (nSPS) is 19.8. The lowest BCUT2D eigenvalue weighted by atomic mass is 9.99. The highest BCUT2D eigenvalue weighted by atomic mass is 15.1. The van der Waals surface area contributed by atoms with Crippen LogP contribution in [0.4, 0.5) is 5.69 Å². The highest BCUT2D eigenvalue weighted by molar-refractivity contribution is 5.51. The van der Waals surface area contributed by atoms with Crippen LogP contribution in [-0.4, -0.2) is 27.5 Å². The zero-order valence-corrected chi connectivity index (χ0v) is 12.9. The van der Waals surface area contributed by atoms with Crippen LogP contribution in [0.5, 0.6) is 0 Å². The third-order valence-corrected chi connectivity index (χ3v) is 4.16. The SMILES string of the molecule is Cc1cn(-c2cc(N)cc(CN3CCCC(C)C3)c2)cn1. The van der Waals surface area contributed by atoms with Gasteiger partial charge in [0.2, 0.25) is 0 Å². The second kappa shape index (κ2) is 5.90. The molecule has 112 valence electrons. The fourth-order valence-electron chi connectivity index (χ4n) is 3.19. The molecule has 21 heavy (non-hydrogen) atoms. The molecule has 1 fully saturated rings. The van der Waals surface area contributed by atoms with Gasteiger partial charge in [0, 0.05) is 30.7 Å². The lowest BCUT2D eigenvalue weighted by Gasteiger charge is -2.31. The Morgan fingerprint density at radius 2 is 2.19 bits per heavy atom. The molecule has 4 heteroatoms. The second-order valence-corrected chi connectivity index (χ2v) is 6.34. The van der Waals surface area contributed by atoms with Crippen LogP contribution in [0.1, 0.15) is 31.0 Å². The number of benzene rings is 1. The zero-order valence-electron chi connectivity index (χ0n) is 12.9. The summed E-state index contributed by atoms with van der Waals surface area (Å²) in [5.41, 5.74) is 10.3. The van der Waals surface area contributed by atoms with Crippen molar-refractivity contribution in [2.75, 3.05) is 18.8 Å². The first-order chi connectivity index (χ1) is 10.1. The van der Waals surface area contributed by atoms with Crippen molar-refractivity contribution in [2.45, 2.75) is 33.2 Å². The Bertz CT molecular complexity index is 617. The number of rotatable bonds is 3. The van der Waals surface area contributed by atoms with Crippen molar-refractivity contribution in [3.63, 3.8) is 0 Å². The van der Waals surface area contributed by atoms with Crippen LogP contribution in [0.2, 0.25) is 0 Å². The maximum atomic E-state index is 6.08. The van der Waals surface area contributed by atoms with Crippen molar-refractivity contribution in [1.82, 2.24) is 14.5 Å². The minimum atomic E-state index is 0.801. The average Bonchev–Trinajstić information content (AvgIpc) is 2.85. The zero-order chi connectivity index (χ0) is 14.8. The third kappa shape index (κ3) is 3.45. The predicted octanol–water partition coefficient (Wildman–Crippen LogP) is 2.99. The number of piperidine rings is 1. The number of nitrogens with two attached hydrogens (primary N) is 1. The van der Waals surface area contributed by atoms with Gasteiger partial charge in [0.25, 0.3) is 0 Å². The Morgan fingerprint density at radius 1 is 1.33 bits per heavy atom. The number of likely N-dealkylation sites (tertiary alicyclic amines) is 1. The van der Waals surface area contributed by atoms with Gasteiger partial charge >= 0.3 is 0 Å². The molecule has 0 aliphatic carbocycles. The van der Waals surface area contributed by atoms with Gasteiger partial charge in [-0.25, -0.2) is 4.98 Å². The topological polar surface area (TPSA) is 47.1 Å². The lowest BCUT2D eigenvalue weighted by molar-refractivity contribution is 0.176. The monoisotopic (exact) mass is 284 g/mol. The molecule has 1 unspecified atom stereocenters. The van der Waals surface area contributed by atoms with E-state index in [1.807, 2.05) is 30.1 Å². The maximum absolute atomic E-state index is 6.08. The summed E-state index contributed by atoms with van der Waals surface area (Å²) < 4.78 is 2.04. The summed E-state index contributed by atoms with van der Waals surface area (Å²) in [4.78, 5) is 6.82. The van der Waals surface area contributed by atoms with Gasteiger partial charge in [-0.2, -0.15) is 0 Å². The van der Waals surface area contributed by atoms with Gasteiger partial charge in [-0.15, -0.1) is 0 Å². The average molecular weight is 284 g/mol. The Balaban J connectivity index is 1.81. The number of imidazole rings is 1. The Hall–Kier alpha value is -1.81. The quantitative estimate of drug-likeness (QED) is 0.881. The van der Waals surface area contributed by atoms with Crippen molar-refractivity contribution in [1.29, 1.82) is 0 Å². The van der Waals surface area contributed by atoms with E-state index in [9.17, 15) is 0 Å². The number of aromatic nitrogens is 2. The number of hydrogen-bond donors (Lipinski definition) is 1. The number of nitrogen functional groups attached to an aromatic ring is 1. The minimum Gasteiger partial charge on any atom is -0.399 e. The Labute approximate surface area is 126 Å². The van der Waals surface area contributed by atoms with Gasteiger partial charge in [0.15, 0.2) is 0 Å². The van der Waals surface area contributed by atoms with Gasteiger partial charge in [0.1, 0.15) is 0 Å². The molecule has 0 radical (unpaired) electrons. The van der Waals surface area contributed by atoms with Crippen LogP contribution in [0.15, 0.2) is 30.7 Å². The van der Waals surface area contributed by atoms with Crippen LogP contribution in [0, 0.1) is 12.8 Å². The Kier molecular flexibility index (Phi) is 3.97. The lowest BCUT2D eigenvalue weighted by Crippen LogP contribution is -2.33. The molecule has 1 aliphatic rings. The van der Waals surface area contributed by atoms with E-state index in [1.165, 1.54) is 31.5 Å². The molecule has 4 nitrogen and oxygen atoms in total. The molecule has 1 saturated heterocycles. The van der Waals surface area contributed by atoms with E-state index in [0.717, 1.165) is 29.5 Å². The van der Waals surface area contributed by atoms with Crippen molar-refractivity contribution in [2.24, 2.45) is 5.92 Å². The second-order valence-electron chi connectivity index (χ2n) is 6.34. The molecule has 3 rings (SSSR count). The fraction of sp³-hybridized carbons (Fsp3) is 0.471. The van der Waals surface area contributed by atoms with Crippen molar-refractivity contribution >= 4 is 5.69 Å². The van der Waals surface area contributed by atoms with Crippen LogP contribution in [0.25, 0.3) is 5.69 Å². The van der Waals surface area contributed by atoms with Crippen LogP contribution >= 0.6 is 0 Å². The maximum Gasteiger partial charge on any atom is 0.0995 e. The summed E-state index contributed by atoms with van der Waals surface area (Å²) >= 11 is 0. The van der Waals surface area contributed by atoms with Crippen LogP contribution in [-0.2, 0) is 6.54 Å². The standard InChI is InChI=1S/C17H24N4/c1-13-4-3-5-20(9-13)11-15-6-16(18)8-17(7-15)21-10-14(2)19-12-21/h6-8,10,12-13H,3-5,9,11,18H2,1-2H3. The molecule has 1 aliphatic heterocycles. The van der Waals surface area contributed by atoms with E-state index in [2.05, 4.69) is 28.9 Å². The number of hydrogen-bond acceptors (Lipinski definition) is 3. The number of nitrogens with zero attached hydrogens (tertiary/aromatic N) is 3. The molecule has 2 aromatic rings. The van der Waals surface area contributed by atoms with Gasteiger partial charge in [-0.1, -0.05) is 6.92 Å². The molecular formula is C17H24N4. The van der Waals surface area contributed by atoms with E-state index in [1.54, 1.807) is 0 Å².